The number of hydrogen-bond acceptors (Lipinski definition) is 2. The molecule has 0 aliphatic carbocycles. The molecule has 0 saturated heterocycles. The fraction of sp³-hybridized carbons (Fsp3) is 0.122. The molecule has 0 N–H and O–H groups in total. The third-order valence-electron chi connectivity index (χ3n) is 21.3. The average Bonchev–Trinajstić information content (AvgIpc) is 0.686. The third kappa shape index (κ3) is 11.3. The molecule has 0 unspecified atom stereocenters. The lowest BCUT2D eigenvalue weighted by Crippen LogP contribution is -2.61. The molecule has 15 aromatic rings. The average molecular weight is 1300 g/mol. The second-order valence-corrected chi connectivity index (χ2v) is 30.9. The van der Waals surface area contributed by atoms with E-state index in [0.29, 0.717) is 0 Å². The van der Waals surface area contributed by atoms with Crippen molar-refractivity contribution in [2.75, 3.05) is 9.80 Å². The molecule has 2 aliphatic heterocycles. The predicted octanol–water partition coefficient (Wildman–Crippen LogP) is 25.3. The maximum Gasteiger partial charge on any atom is 0.252 e. The largest absolute Gasteiger partial charge is 0.310 e. The van der Waals surface area contributed by atoms with E-state index in [1.165, 1.54) is 133 Å². The van der Waals surface area contributed by atoms with Crippen LogP contribution in [0.5, 0.6) is 0 Å². The lowest BCUT2D eigenvalue weighted by molar-refractivity contribution is 0.590. The van der Waals surface area contributed by atoms with E-state index in [9.17, 15) is 0 Å². The van der Waals surface area contributed by atoms with Gasteiger partial charge in [-0.1, -0.05) is 335 Å². The maximum absolute atomic E-state index is 2.73. The van der Waals surface area contributed by atoms with Crippen molar-refractivity contribution in [3.63, 3.8) is 0 Å². The van der Waals surface area contributed by atoms with E-state index in [1.54, 1.807) is 0 Å². The molecule has 2 aliphatic rings. The summed E-state index contributed by atoms with van der Waals surface area (Å²) in [6.07, 6.45) is 0. The molecule has 2 nitrogen and oxygen atoms in total. The summed E-state index contributed by atoms with van der Waals surface area (Å²) in [6.45, 7) is 21.2. The molecule has 15 aromatic carbocycles. The van der Waals surface area contributed by atoms with Crippen LogP contribution in [0.3, 0.4) is 0 Å². The zero-order valence-corrected chi connectivity index (χ0v) is 59.1. The smallest absolute Gasteiger partial charge is 0.252 e. The van der Waals surface area contributed by atoms with E-state index in [2.05, 4.69) is 400 Å². The van der Waals surface area contributed by atoms with Gasteiger partial charge in [0.25, 0.3) is 6.71 Å². The number of benzene rings is 15. The molecule has 0 spiro atoms. The van der Waals surface area contributed by atoms with Crippen molar-refractivity contribution >= 4 is 78.8 Å². The molecule has 0 radical (unpaired) electrons. The van der Waals surface area contributed by atoms with Crippen molar-refractivity contribution < 1.29 is 0 Å². The van der Waals surface area contributed by atoms with Gasteiger partial charge >= 0.3 is 0 Å². The standard InChI is InChI=1S/C98H81BN2/c1-96(2,3)78-59-84(73-43-39-68(40-44-73)64-27-15-10-16-28-64)94(85(60-78)74-45-41-69(42-46-74)65-29-17-11-18-30-65)100-89-53-51-75(66-31-19-12-20-32-66)56-87(89)99-88-57-76(67-33-21-13-22-34-67)52-54-90(88)101(92-63-80(98(7,8)9)62-91(100)93(92)99)95-83(70-35-23-14-24-36-70)58-79(97(4,5)6)61-86(95)77-50-49-72-48-47-71-37-25-26-38-81(71)82(72)55-77/h10-63H,1-9H3. The second-order valence-electron chi connectivity index (χ2n) is 30.9. The van der Waals surface area contributed by atoms with Crippen molar-refractivity contribution in [2.24, 2.45) is 0 Å². The summed E-state index contributed by atoms with van der Waals surface area (Å²) in [5.74, 6) is 0. The van der Waals surface area contributed by atoms with Gasteiger partial charge in [-0.05, 0) is 192 Å². The highest BCUT2D eigenvalue weighted by molar-refractivity contribution is 7.00. The Kier molecular flexibility index (Phi) is 15.4. The van der Waals surface area contributed by atoms with Crippen molar-refractivity contribution in [2.45, 2.75) is 78.6 Å². The highest BCUT2D eigenvalue weighted by atomic mass is 15.2. The fourth-order valence-electron chi connectivity index (χ4n) is 15.8. The topological polar surface area (TPSA) is 6.48 Å². The first-order chi connectivity index (χ1) is 49.0. The first-order valence-electron chi connectivity index (χ1n) is 35.8. The number of anilines is 6. The minimum atomic E-state index is -0.309. The molecule has 0 amide bonds. The van der Waals surface area contributed by atoms with E-state index in [0.717, 1.165) is 45.1 Å². The molecule has 101 heavy (non-hydrogen) atoms. The number of rotatable bonds is 10. The molecule has 0 aromatic heterocycles. The maximum atomic E-state index is 2.73. The normalized spacial score (nSPS) is 12.7. The summed E-state index contributed by atoms with van der Waals surface area (Å²) >= 11 is 0. The van der Waals surface area contributed by atoms with Crippen molar-refractivity contribution in [3.8, 4) is 89.0 Å². The van der Waals surface area contributed by atoms with Crippen LogP contribution in [0.1, 0.15) is 79.0 Å². The predicted molar refractivity (Wildman–Crippen MR) is 435 cm³/mol. The summed E-state index contributed by atoms with van der Waals surface area (Å²) in [5.41, 5.74) is 32.5. The Morgan fingerprint density at radius 1 is 0.218 bits per heavy atom. The molecule has 3 heteroatoms. The van der Waals surface area contributed by atoms with Gasteiger partial charge in [-0.15, -0.1) is 0 Å². The first-order valence-corrected chi connectivity index (χ1v) is 35.8. The van der Waals surface area contributed by atoms with Gasteiger partial charge in [0.15, 0.2) is 0 Å². The molecule has 17 rings (SSSR count). The van der Waals surface area contributed by atoms with E-state index < -0.39 is 0 Å². The summed E-state index contributed by atoms with van der Waals surface area (Å²) in [4.78, 5) is 5.45. The zero-order chi connectivity index (χ0) is 68.9. The Balaban J connectivity index is 1.04. The molecule has 0 saturated carbocycles. The molecule has 2 heterocycles. The van der Waals surface area contributed by atoms with Gasteiger partial charge in [0.1, 0.15) is 0 Å². The summed E-state index contributed by atoms with van der Waals surface area (Å²) < 4.78 is 0. The Morgan fingerprint density at radius 3 is 0.911 bits per heavy atom. The van der Waals surface area contributed by atoms with E-state index in [1.807, 2.05) is 0 Å². The van der Waals surface area contributed by atoms with Crippen LogP contribution in [-0.2, 0) is 16.2 Å². The highest BCUT2D eigenvalue weighted by Gasteiger charge is 2.46. The fourth-order valence-corrected chi connectivity index (χ4v) is 15.8. The van der Waals surface area contributed by atoms with Crippen LogP contribution < -0.4 is 26.2 Å². The molecule has 0 bridgehead atoms. The van der Waals surface area contributed by atoms with E-state index in [4.69, 9.17) is 0 Å². The van der Waals surface area contributed by atoms with E-state index >= 15 is 0 Å². The van der Waals surface area contributed by atoms with Gasteiger partial charge in [0.2, 0.25) is 0 Å². The number of nitrogens with zero attached hydrogens (tertiary/aromatic N) is 2. The van der Waals surface area contributed by atoms with E-state index in [-0.39, 0.29) is 23.0 Å². The van der Waals surface area contributed by atoms with Gasteiger partial charge in [-0.2, -0.15) is 0 Å². The van der Waals surface area contributed by atoms with Gasteiger partial charge in [0.05, 0.1) is 11.4 Å². The van der Waals surface area contributed by atoms with Crippen molar-refractivity contribution in [3.05, 3.63) is 344 Å². The highest BCUT2D eigenvalue weighted by Crippen LogP contribution is 2.56. The first kappa shape index (κ1) is 63.0. The van der Waals surface area contributed by atoms with Gasteiger partial charge in [0, 0.05) is 45.0 Å². The molecule has 0 atom stereocenters. The van der Waals surface area contributed by atoms with Crippen LogP contribution >= 0.6 is 0 Å². The second kappa shape index (κ2) is 24.7. The quantitative estimate of drug-likeness (QED) is 0.0995. The van der Waals surface area contributed by atoms with Crippen molar-refractivity contribution in [1.29, 1.82) is 0 Å². The summed E-state index contributed by atoms with van der Waals surface area (Å²) in [5, 5.41) is 4.94. The lowest BCUT2D eigenvalue weighted by atomic mass is 9.33. The lowest BCUT2D eigenvalue weighted by Gasteiger charge is -2.47. The number of fused-ring (bicyclic) bond motifs is 7. The third-order valence-corrected chi connectivity index (χ3v) is 21.3. The molecule has 486 valence electrons. The number of hydrogen-bond donors (Lipinski definition) is 0. The van der Waals surface area contributed by atoms with Gasteiger partial charge < -0.3 is 9.80 Å². The molecular formula is C98H81BN2. The zero-order valence-electron chi connectivity index (χ0n) is 59.1. The molecular weight excluding hydrogens is 1220 g/mol. The SMILES string of the molecule is CC(C)(C)c1cc(-c2ccc(-c3ccccc3)cc2)c(N2c3ccc(-c4ccccc4)cc3B3c4cc(-c5ccccc5)ccc4N(c4c(-c5ccccc5)cc(C(C)(C)C)cc4-c4ccc5ccc6ccccc6c5c4)c4cc(C(C)(C)C)cc2c43)c(-c2ccc(-c3ccccc3)cc2)c1. The molecule has 0 fully saturated rings. The van der Waals surface area contributed by atoms with Crippen LogP contribution in [0.2, 0.25) is 0 Å². The minimum absolute atomic E-state index is 0.205. The minimum Gasteiger partial charge on any atom is -0.310 e. The monoisotopic (exact) mass is 1300 g/mol. The van der Waals surface area contributed by atoms with Crippen LogP contribution in [0, 0.1) is 0 Å². The summed E-state index contributed by atoms with van der Waals surface area (Å²) in [7, 11) is 0. The van der Waals surface area contributed by atoms with Crippen LogP contribution in [-0.4, -0.2) is 6.71 Å². The van der Waals surface area contributed by atoms with Crippen LogP contribution in [0.15, 0.2) is 328 Å². The Hall–Kier alpha value is -11.5. The summed E-state index contributed by atoms with van der Waals surface area (Å²) in [6, 6.07) is 124. The Morgan fingerprint density at radius 2 is 0.505 bits per heavy atom. The van der Waals surface area contributed by atoms with Gasteiger partial charge in [-0.3, -0.25) is 0 Å². The van der Waals surface area contributed by atoms with Crippen LogP contribution in [0.4, 0.5) is 34.1 Å². The van der Waals surface area contributed by atoms with Gasteiger partial charge in [-0.25, -0.2) is 0 Å². The van der Waals surface area contributed by atoms with Crippen LogP contribution in [0.25, 0.3) is 111 Å². The Labute approximate surface area is 596 Å². The Bertz CT molecular complexity index is 5560. The van der Waals surface area contributed by atoms with Crippen molar-refractivity contribution in [1.82, 2.24) is 0 Å².